The molecule has 23 heavy (non-hydrogen) atoms. The predicted octanol–water partition coefficient (Wildman–Crippen LogP) is 1.90. The molecule has 0 unspecified atom stereocenters. The van der Waals surface area contributed by atoms with E-state index in [1.807, 2.05) is 26.0 Å². The topological polar surface area (TPSA) is 76.8 Å². The third-order valence-electron chi connectivity index (χ3n) is 3.77. The standard InChI is InChI=1S/C17H20N4O2/c1-12(2)21(11-14-6-4-13(10-18)5-7-14)17(23)15-8-9-16(22)20(3)19-15/h4-7,12H,8-9,11H2,1-3H3. The van der Waals surface area contributed by atoms with E-state index in [1.165, 1.54) is 5.01 Å². The highest BCUT2D eigenvalue weighted by atomic mass is 16.2. The number of amides is 2. The fourth-order valence-electron chi connectivity index (χ4n) is 2.36. The minimum Gasteiger partial charge on any atom is -0.331 e. The first-order chi connectivity index (χ1) is 10.9. The molecule has 1 aliphatic heterocycles. The van der Waals surface area contributed by atoms with Gasteiger partial charge in [0.05, 0.1) is 11.6 Å². The highest BCUT2D eigenvalue weighted by Crippen LogP contribution is 2.14. The van der Waals surface area contributed by atoms with Crippen LogP contribution < -0.4 is 0 Å². The first kappa shape index (κ1) is 16.7. The summed E-state index contributed by atoms with van der Waals surface area (Å²) in [5, 5.41) is 14.2. The van der Waals surface area contributed by atoms with Gasteiger partial charge in [-0.25, -0.2) is 5.01 Å². The maximum atomic E-state index is 12.7. The van der Waals surface area contributed by atoms with Crippen molar-refractivity contribution >= 4 is 17.5 Å². The van der Waals surface area contributed by atoms with E-state index in [0.29, 0.717) is 30.7 Å². The van der Waals surface area contributed by atoms with Crippen LogP contribution in [-0.4, -0.2) is 40.5 Å². The van der Waals surface area contributed by atoms with E-state index in [1.54, 1.807) is 24.1 Å². The van der Waals surface area contributed by atoms with Gasteiger partial charge in [0, 0.05) is 32.5 Å². The molecule has 0 fully saturated rings. The minimum atomic E-state index is -0.149. The van der Waals surface area contributed by atoms with Crippen LogP contribution in [0.5, 0.6) is 0 Å². The lowest BCUT2D eigenvalue weighted by atomic mass is 10.1. The lowest BCUT2D eigenvalue weighted by molar-refractivity contribution is -0.131. The van der Waals surface area contributed by atoms with Crippen molar-refractivity contribution in [3.63, 3.8) is 0 Å². The van der Waals surface area contributed by atoms with Crippen molar-refractivity contribution in [1.82, 2.24) is 9.91 Å². The SMILES string of the molecule is CC(C)N(Cc1ccc(C#N)cc1)C(=O)C1=NN(C)C(=O)CC1. The second-order valence-corrected chi connectivity index (χ2v) is 5.80. The van der Waals surface area contributed by atoms with E-state index in [-0.39, 0.29) is 17.9 Å². The quantitative estimate of drug-likeness (QED) is 0.852. The Labute approximate surface area is 136 Å². The summed E-state index contributed by atoms with van der Waals surface area (Å²) in [6.07, 6.45) is 0.683. The van der Waals surface area contributed by atoms with Crippen LogP contribution in [0.3, 0.4) is 0 Å². The van der Waals surface area contributed by atoms with Crippen LogP contribution in [0.15, 0.2) is 29.4 Å². The number of nitrogens with zero attached hydrogens (tertiary/aromatic N) is 4. The Morgan fingerprint density at radius 3 is 2.52 bits per heavy atom. The summed E-state index contributed by atoms with van der Waals surface area (Å²) in [6, 6.07) is 9.25. The summed E-state index contributed by atoms with van der Waals surface area (Å²) in [5.74, 6) is -0.228. The zero-order valence-corrected chi connectivity index (χ0v) is 13.6. The molecule has 0 aromatic heterocycles. The second kappa shape index (κ2) is 7.05. The number of benzene rings is 1. The van der Waals surface area contributed by atoms with Gasteiger partial charge in [0.1, 0.15) is 5.71 Å². The summed E-state index contributed by atoms with van der Waals surface area (Å²) >= 11 is 0. The molecular weight excluding hydrogens is 292 g/mol. The van der Waals surface area contributed by atoms with Gasteiger partial charge in [0.2, 0.25) is 5.91 Å². The van der Waals surface area contributed by atoms with E-state index in [2.05, 4.69) is 11.2 Å². The van der Waals surface area contributed by atoms with Gasteiger partial charge in [-0.2, -0.15) is 10.4 Å². The molecular formula is C17H20N4O2. The zero-order valence-electron chi connectivity index (χ0n) is 13.6. The van der Waals surface area contributed by atoms with Gasteiger partial charge in [0.15, 0.2) is 0 Å². The molecule has 0 aliphatic carbocycles. The summed E-state index contributed by atoms with van der Waals surface area (Å²) in [7, 11) is 1.56. The van der Waals surface area contributed by atoms with Crippen molar-refractivity contribution < 1.29 is 9.59 Å². The van der Waals surface area contributed by atoms with Crippen molar-refractivity contribution in [3.05, 3.63) is 35.4 Å². The molecule has 0 atom stereocenters. The minimum absolute atomic E-state index is 0.00350. The first-order valence-electron chi connectivity index (χ1n) is 7.56. The van der Waals surface area contributed by atoms with Crippen molar-refractivity contribution in [2.75, 3.05) is 7.05 Å². The van der Waals surface area contributed by atoms with Crippen molar-refractivity contribution in [1.29, 1.82) is 5.26 Å². The smallest absolute Gasteiger partial charge is 0.270 e. The highest BCUT2D eigenvalue weighted by Gasteiger charge is 2.27. The number of carbonyl (C=O) groups is 2. The van der Waals surface area contributed by atoms with Crippen LogP contribution in [0.1, 0.15) is 37.8 Å². The molecule has 6 heteroatoms. The third-order valence-corrected chi connectivity index (χ3v) is 3.77. The number of nitriles is 1. The van der Waals surface area contributed by atoms with E-state index < -0.39 is 0 Å². The third kappa shape index (κ3) is 3.95. The molecule has 1 heterocycles. The summed E-state index contributed by atoms with van der Waals surface area (Å²) < 4.78 is 0. The molecule has 120 valence electrons. The van der Waals surface area contributed by atoms with Gasteiger partial charge in [-0.1, -0.05) is 12.1 Å². The van der Waals surface area contributed by atoms with E-state index in [0.717, 1.165) is 5.56 Å². The Kier molecular flexibility index (Phi) is 5.12. The summed E-state index contributed by atoms with van der Waals surface area (Å²) in [6.45, 7) is 4.33. The molecule has 0 spiro atoms. The molecule has 0 radical (unpaired) electrons. The molecule has 1 aromatic rings. The number of hydrogen-bond donors (Lipinski definition) is 0. The Morgan fingerprint density at radius 1 is 1.35 bits per heavy atom. The Balaban J connectivity index is 2.17. The fourth-order valence-corrected chi connectivity index (χ4v) is 2.36. The molecule has 6 nitrogen and oxygen atoms in total. The number of carbonyl (C=O) groups excluding carboxylic acids is 2. The normalized spacial score (nSPS) is 14.5. The largest absolute Gasteiger partial charge is 0.331 e. The second-order valence-electron chi connectivity index (χ2n) is 5.80. The predicted molar refractivity (Wildman–Crippen MR) is 86.3 cm³/mol. The fraction of sp³-hybridized carbons (Fsp3) is 0.412. The van der Waals surface area contributed by atoms with E-state index >= 15 is 0 Å². The maximum absolute atomic E-state index is 12.7. The Morgan fingerprint density at radius 2 is 2.00 bits per heavy atom. The number of hydrogen-bond acceptors (Lipinski definition) is 4. The van der Waals surface area contributed by atoms with Gasteiger partial charge in [-0.3, -0.25) is 9.59 Å². The lowest BCUT2D eigenvalue weighted by Crippen LogP contribution is -2.43. The zero-order chi connectivity index (χ0) is 17.0. The van der Waals surface area contributed by atoms with Crippen molar-refractivity contribution in [2.24, 2.45) is 5.10 Å². The highest BCUT2D eigenvalue weighted by molar-refractivity contribution is 6.39. The van der Waals surface area contributed by atoms with Gasteiger partial charge >= 0.3 is 0 Å². The van der Waals surface area contributed by atoms with Gasteiger partial charge < -0.3 is 4.90 Å². The van der Waals surface area contributed by atoms with Gasteiger partial charge in [-0.15, -0.1) is 0 Å². The average Bonchev–Trinajstić information content (AvgIpc) is 2.54. The van der Waals surface area contributed by atoms with E-state index in [9.17, 15) is 9.59 Å². The van der Waals surface area contributed by atoms with Gasteiger partial charge in [0.25, 0.3) is 5.91 Å². The van der Waals surface area contributed by atoms with Crippen molar-refractivity contribution in [3.8, 4) is 6.07 Å². The van der Waals surface area contributed by atoms with Crippen molar-refractivity contribution in [2.45, 2.75) is 39.3 Å². The molecule has 0 saturated carbocycles. The molecule has 0 bridgehead atoms. The van der Waals surface area contributed by atoms with Gasteiger partial charge in [-0.05, 0) is 31.5 Å². The molecule has 0 N–H and O–H groups in total. The van der Waals surface area contributed by atoms with E-state index in [4.69, 9.17) is 5.26 Å². The number of hydrazone groups is 1. The lowest BCUT2D eigenvalue weighted by Gasteiger charge is -2.29. The molecule has 2 rings (SSSR count). The first-order valence-corrected chi connectivity index (χ1v) is 7.56. The molecule has 1 aliphatic rings. The maximum Gasteiger partial charge on any atom is 0.270 e. The monoisotopic (exact) mass is 312 g/mol. The molecule has 2 amide bonds. The Hall–Kier alpha value is -2.68. The van der Waals surface area contributed by atoms with Crippen LogP contribution in [0.25, 0.3) is 0 Å². The van der Waals surface area contributed by atoms with Crippen LogP contribution >= 0.6 is 0 Å². The Bertz CT molecular complexity index is 671. The molecule has 1 aromatic carbocycles. The molecule has 0 saturated heterocycles. The average molecular weight is 312 g/mol. The number of rotatable bonds is 4. The van der Waals surface area contributed by atoms with Crippen LogP contribution in [-0.2, 0) is 16.1 Å². The van der Waals surface area contributed by atoms with Crippen LogP contribution in [0, 0.1) is 11.3 Å². The van der Waals surface area contributed by atoms with Crippen LogP contribution in [0.2, 0.25) is 0 Å². The summed E-state index contributed by atoms with van der Waals surface area (Å²) in [5.41, 5.74) is 1.95. The summed E-state index contributed by atoms with van der Waals surface area (Å²) in [4.78, 5) is 25.9. The van der Waals surface area contributed by atoms with Crippen LogP contribution in [0.4, 0.5) is 0 Å².